The van der Waals surface area contributed by atoms with Crippen molar-refractivity contribution in [1.29, 1.82) is 0 Å². The summed E-state index contributed by atoms with van der Waals surface area (Å²) in [5.41, 5.74) is 1.82. The summed E-state index contributed by atoms with van der Waals surface area (Å²) in [4.78, 5) is 38.3. The van der Waals surface area contributed by atoms with E-state index in [0.29, 0.717) is 42.3 Å². The Morgan fingerprint density at radius 1 is 1.27 bits per heavy atom. The van der Waals surface area contributed by atoms with E-state index in [2.05, 4.69) is 10.3 Å². The van der Waals surface area contributed by atoms with Crippen molar-refractivity contribution < 1.29 is 18.7 Å². The van der Waals surface area contributed by atoms with Crippen LogP contribution in [0.1, 0.15) is 44.5 Å². The third kappa shape index (κ3) is 3.92. The fourth-order valence-corrected chi connectivity index (χ4v) is 5.13. The molecule has 2 amide bonds. The third-order valence-electron chi connectivity index (χ3n) is 5.85. The number of piperazine rings is 1. The van der Waals surface area contributed by atoms with Crippen molar-refractivity contribution in [1.82, 2.24) is 20.2 Å². The monoisotopic (exact) mass is 469 g/mol. The summed E-state index contributed by atoms with van der Waals surface area (Å²) in [5.74, 6) is -0.189. The molecule has 3 aromatic rings. The van der Waals surface area contributed by atoms with Crippen molar-refractivity contribution in [3.05, 3.63) is 29.3 Å². The number of amides is 2. The van der Waals surface area contributed by atoms with E-state index >= 15 is 0 Å². The number of nitrogens with one attached hydrogen (secondary N) is 1. The van der Waals surface area contributed by atoms with Crippen LogP contribution >= 0.6 is 11.3 Å². The van der Waals surface area contributed by atoms with Crippen LogP contribution in [0.5, 0.6) is 0 Å². The summed E-state index contributed by atoms with van der Waals surface area (Å²) in [6.07, 6.45) is 2.40. The molecule has 0 saturated carbocycles. The number of ether oxygens (including phenoxy) is 1. The van der Waals surface area contributed by atoms with Crippen LogP contribution < -0.4 is 10.2 Å². The molecule has 5 heterocycles. The molecule has 174 valence electrons. The maximum absolute atomic E-state index is 12.7. The van der Waals surface area contributed by atoms with Crippen molar-refractivity contribution in [3.63, 3.8) is 0 Å². The van der Waals surface area contributed by atoms with Crippen LogP contribution in [0.25, 0.3) is 21.7 Å². The van der Waals surface area contributed by atoms with E-state index < -0.39 is 5.60 Å². The number of benzene rings is 1. The molecular formula is C23H27N5O4S. The number of nitrogens with zero attached hydrogens (tertiary/aromatic N) is 4. The predicted octanol–water partition coefficient (Wildman–Crippen LogP) is 3.90. The van der Waals surface area contributed by atoms with Gasteiger partial charge in [-0.1, -0.05) is 0 Å². The van der Waals surface area contributed by atoms with E-state index in [4.69, 9.17) is 14.1 Å². The number of anilines is 1. The Balaban J connectivity index is 1.45. The van der Waals surface area contributed by atoms with Crippen LogP contribution in [-0.4, -0.2) is 64.2 Å². The molecule has 10 heteroatoms. The summed E-state index contributed by atoms with van der Waals surface area (Å²) in [5, 5.41) is 5.55. The van der Waals surface area contributed by atoms with E-state index in [0.717, 1.165) is 17.0 Å². The van der Waals surface area contributed by atoms with Gasteiger partial charge in [0.1, 0.15) is 16.1 Å². The second kappa shape index (κ2) is 8.02. The van der Waals surface area contributed by atoms with Gasteiger partial charge in [-0.15, -0.1) is 11.3 Å². The fraction of sp³-hybridized carbons (Fsp3) is 0.478. The number of aromatic nitrogens is 2. The SMILES string of the molecule is CCNC(=O)c1ccc(-c2nccs2)c2oc(N3CC4CC(C3)N4C(=O)OC(C)(C)C)nc12. The molecule has 2 bridgehead atoms. The lowest BCUT2D eigenvalue weighted by atomic mass is 9.88. The zero-order chi connectivity index (χ0) is 23.3. The molecule has 33 heavy (non-hydrogen) atoms. The Kier molecular flexibility index (Phi) is 5.27. The quantitative estimate of drug-likeness (QED) is 0.618. The van der Waals surface area contributed by atoms with Crippen molar-refractivity contribution in [2.45, 2.75) is 51.8 Å². The smallest absolute Gasteiger partial charge is 0.410 e. The maximum atomic E-state index is 12.7. The highest BCUT2D eigenvalue weighted by Gasteiger charge is 2.49. The molecule has 0 spiro atoms. The normalized spacial score (nSPS) is 20.0. The zero-order valence-corrected chi connectivity index (χ0v) is 19.9. The zero-order valence-electron chi connectivity index (χ0n) is 19.1. The molecular weight excluding hydrogens is 442 g/mol. The van der Waals surface area contributed by atoms with Gasteiger partial charge in [0, 0.05) is 31.2 Å². The largest absolute Gasteiger partial charge is 0.444 e. The number of oxazole rings is 1. The summed E-state index contributed by atoms with van der Waals surface area (Å²) in [6, 6.07) is 4.19. The van der Waals surface area contributed by atoms with Gasteiger partial charge < -0.3 is 19.4 Å². The van der Waals surface area contributed by atoms with Gasteiger partial charge in [0.15, 0.2) is 5.58 Å². The standard InChI is InChI=1S/C23H27N5O4S/c1-5-24-19(29)15-6-7-16(20-25-8-9-33-20)18-17(15)26-21(31-18)27-11-13-10-14(12-27)28(13)22(30)32-23(2,3)4/h6-9,13-14H,5,10-12H2,1-4H3,(H,24,29). The first kappa shape index (κ1) is 21.7. The molecule has 2 unspecified atom stereocenters. The van der Waals surface area contributed by atoms with E-state index in [1.807, 2.05) is 48.9 Å². The molecule has 1 aromatic carbocycles. The van der Waals surface area contributed by atoms with Gasteiger partial charge in [-0.05, 0) is 46.2 Å². The van der Waals surface area contributed by atoms with Crippen LogP contribution in [0.15, 0.2) is 28.1 Å². The molecule has 0 aliphatic carbocycles. The molecule has 2 aromatic heterocycles. The fourth-order valence-electron chi connectivity index (χ4n) is 4.47. The second-order valence-electron chi connectivity index (χ2n) is 9.37. The highest BCUT2D eigenvalue weighted by molar-refractivity contribution is 7.13. The van der Waals surface area contributed by atoms with Crippen molar-refractivity contribution in [3.8, 4) is 10.6 Å². The molecule has 1 N–H and O–H groups in total. The Bertz CT molecular complexity index is 1190. The summed E-state index contributed by atoms with van der Waals surface area (Å²) < 4.78 is 11.8. The lowest BCUT2D eigenvalue weighted by molar-refractivity contribution is -0.0386. The Hall–Kier alpha value is -3.14. The summed E-state index contributed by atoms with van der Waals surface area (Å²) in [6.45, 7) is 9.22. The number of hydrogen-bond acceptors (Lipinski definition) is 8. The lowest BCUT2D eigenvalue weighted by Crippen LogP contribution is -2.70. The third-order valence-corrected chi connectivity index (χ3v) is 6.65. The van der Waals surface area contributed by atoms with Crippen LogP contribution in [-0.2, 0) is 4.74 Å². The van der Waals surface area contributed by atoms with E-state index in [1.54, 1.807) is 12.3 Å². The highest BCUT2D eigenvalue weighted by atomic mass is 32.1. The molecule has 2 atom stereocenters. The van der Waals surface area contributed by atoms with Gasteiger partial charge in [-0.2, -0.15) is 4.98 Å². The average Bonchev–Trinajstić information content (AvgIpc) is 3.42. The van der Waals surface area contributed by atoms with Crippen molar-refractivity contribution in [2.75, 3.05) is 24.5 Å². The average molecular weight is 470 g/mol. The number of fused-ring (bicyclic) bond motifs is 3. The molecule has 3 aliphatic rings. The molecule has 3 aliphatic heterocycles. The number of carbonyl (C=O) groups is 2. The van der Waals surface area contributed by atoms with Crippen LogP contribution in [0, 0.1) is 0 Å². The molecule has 6 rings (SSSR count). The number of carbonyl (C=O) groups excluding carboxylic acids is 2. The Morgan fingerprint density at radius 3 is 2.67 bits per heavy atom. The van der Waals surface area contributed by atoms with Gasteiger partial charge in [-0.3, -0.25) is 9.69 Å². The predicted molar refractivity (Wildman–Crippen MR) is 126 cm³/mol. The van der Waals surface area contributed by atoms with E-state index in [9.17, 15) is 9.59 Å². The summed E-state index contributed by atoms with van der Waals surface area (Å²) >= 11 is 1.50. The minimum Gasteiger partial charge on any atom is -0.444 e. The number of rotatable bonds is 4. The maximum Gasteiger partial charge on any atom is 0.410 e. The second-order valence-corrected chi connectivity index (χ2v) is 10.3. The minimum atomic E-state index is -0.525. The first-order valence-electron chi connectivity index (χ1n) is 11.1. The lowest BCUT2D eigenvalue weighted by Gasteiger charge is -2.55. The van der Waals surface area contributed by atoms with Crippen LogP contribution in [0.2, 0.25) is 0 Å². The van der Waals surface area contributed by atoms with E-state index in [-0.39, 0.29) is 24.1 Å². The van der Waals surface area contributed by atoms with Gasteiger partial charge in [0.25, 0.3) is 11.9 Å². The molecule has 3 fully saturated rings. The highest BCUT2D eigenvalue weighted by Crippen LogP contribution is 2.39. The van der Waals surface area contributed by atoms with Gasteiger partial charge in [0.2, 0.25) is 0 Å². The Morgan fingerprint density at radius 2 is 2.03 bits per heavy atom. The number of piperidine rings is 1. The van der Waals surface area contributed by atoms with Gasteiger partial charge >= 0.3 is 6.09 Å². The van der Waals surface area contributed by atoms with Crippen LogP contribution in [0.3, 0.4) is 0 Å². The van der Waals surface area contributed by atoms with Crippen LogP contribution in [0.4, 0.5) is 10.8 Å². The molecule has 9 nitrogen and oxygen atoms in total. The first-order valence-corrected chi connectivity index (χ1v) is 12.0. The van der Waals surface area contributed by atoms with Gasteiger partial charge in [-0.25, -0.2) is 9.78 Å². The van der Waals surface area contributed by atoms with Crippen molar-refractivity contribution >= 4 is 40.5 Å². The minimum absolute atomic E-state index is 0.0508. The van der Waals surface area contributed by atoms with Gasteiger partial charge in [0.05, 0.1) is 23.2 Å². The summed E-state index contributed by atoms with van der Waals surface area (Å²) in [7, 11) is 0. The molecule has 0 radical (unpaired) electrons. The van der Waals surface area contributed by atoms with E-state index in [1.165, 1.54) is 11.3 Å². The topological polar surface area (TPSA) is 101 Å². The van der Waals surface area contributed by atoms with Crippen molar-refractivity contribution in [2.24, 2.45) is 0 Å². The number of thiazole rings is 1. The number of hydrogen-bond donors (Lipinski definition) is 1. The molecule has 3 saturated heterocycles. The Labute approximate surface area is 195 Å². The first-order chi connectivity index (χ1) is 15.7.